The van der Waals surface area contributed by atoms with E-state index in [1.165, 1.54) is 205 Å². The first-order valence-electron chi connectivity index (χ1n) is 24.2. The molecule has 0 saturated carbocycles. The van der Waals surface area contributed by atoms with Crippen molar-refractivity contribution in [3.63, 3.8) is 0 Å². The van der Waals surface area contributed by atoms with Gasteiger partial charge in [-0.2, -0.15) is 0 Å². The first-order valence-corrected chi connectivity index (χ1v) is 25.1. The zero-order valence-electron chi connectivity index (χ0n) is 36.6. The Kier molecular flexibility index (Phi) is 26.1. The minimum absolute atomic E-state index is 0.0636. The number of carbonyl (C=O) groups is 2. The van der Waals surface area contributed by atoms with Gasteiger partial charge in [-0.1, -0.05) is 214 Å². The van der Waals surface area contributed by atoms with Crippen LogP contribution in [0.2, 0.25) is 0 Å². The maximum Gasteiger partial charge on any atom is 0.260 e. The Morgan fingerprint density at radius 2 is 0.873 bits per heavy atom. The highest BCUT2D eigenvalue weighted by Crippen LogP contribution is 2.43. The first kappa shape index (κ1) is 47.5. The lowest BCUT2D eigenvalue weighted by Crippen LogP contribution is -2.33. The molecule has 5 heteroatoms. The summed E-state index contributed by atoms with van der Waals surface area (Å²) >= 11 is 1.67. The fourth-order valence-electron chi connectivity index (χ4n) is 9.04. The summed E-state index contributed by atoms with van der Waals surface area (Å²) in [5, 5.41) is 2.10. The van der Waals surface area contributed by atoms with Gasteiger partial charge in [0, 0.05) is 19.3 Å². The van der Waals surface area contributed by atoms with Crippen LogP contribution >= 0.6 is 11.3 Å². The van der Waals surface area contributed by atoms with E-state index in [0.29, 0.717) is 23.0 Å². The maximum atomic E-state index is 14.4. The van der Waals surface area contributed by atoms with Gasteiger partial charge in [0.1, 0.15) is 0 Å². The van der Waals surface area contributed by atoms with Gasteiger partial charge in [0.2, 0.25) is 0 Å². The van der Waals surface area contributed by atoms with E-state index in [4.69, 9.17) is 0 Å². The summed E-state index contributed by atoms with van der Waals surface area (Å²) in [7, 11) is 0. The van der Waals surface area contributed by atoms with Crippen LogP contribution in [-0.4, -0.2) is 34.7 Å². The van der Waals surface area contributed by atoms with Crippen molar-refractivity contribution >= 4 is 28.8 Å². The van der Waals surface area contributed by atoms with E-state index >= 15 is 0 Å². The summed E-state index contributed by atoms with van der Waals surface area (Å²) in [4.78, 5) is 33.9. The first-order chi connectivity index (χ1) is 27.0. The van der Waals surface area contributed by atoms with Crippen LogP contribution in [0.3, 0.4) is 0 Å². The Bertz CT molecular complexity index is 1200. The van der Waals surface area contributed by atoms with Crippen LogP contribution in [0, 0.1) is 11.8 Å². The van der Waals surface area contributed by atoms with Gasteiger partial charge in [-0.05, 0) is 49.0 Å². The third kappa shape index (κ3) is 18.1. The fourth-order valence-corrected chi connectivity index (χ4v) is 9.83. The van der Waals surface area contributed by atoms with E-state index in [-0.39, 0.29) is 11.8 Å². The molecule has 2 aliphatic rings. The molecule has 2 atom stereocenters. The molecule has 1 aromatic rings. The molecule has 3 heterocycles. The van der Waals surface area contributed by atoms with Crippen LogP contribution in [0.1, 0.15) is 238 Å². The molecule has 0 radical (unpaired) electrons. The average molecular weight is 779 g/mol. The zero-order chi connectivity index (χ0) is 39.4. The Hall–Kier alpha value is -1.88. The van der Waals surface area contributed by atoms with E-state index in [1.54, 1.807) is 11.3 Å². The van der Waals surface area contributed by atoms with Crippen molar-refractivity contribution in [3.8, 4) is 0 Å². The Labute approximate surface area is 344 Å². The van der Waals surface area contributed by atoms with Gasteiger partial charge >= 0.3 is 0 Å². The van der Waals surface area contributed by atoms with E-state index in [2.05, 4.69) is 45.2 Å². The van der Waals surface area contributed by atoms with Crippen molar-refractivity contribution in [2.75, 3.05) is 13.1 Å². The lowest BCUT2D eigenvalue weighted by molar-refractivity contribution is -0.124. The smallest absolute Gasteiger partial charge is 0.260 e. The molecule has 314 valence electrons. The molecule has 2 aliphatic heterocycles. The summed E-state index contributed by atoms with van der Waals surface area (Å²) in [6, 6.07) is 4.20. The topological polar surface area (TPSA) is 40.6 Å². The number of hydrogen-bond donors (Lipinski definition) is 0. The largest absolute Gasteiger partial charge is 0.314 e. The van der Waals surface area contributed by atoms with Crippen molar-refractivity contribution in [1.82, 2.24) is 9.80 Å². The normalized spacial score (nSPS) is 15.5. The van der Waals surface area contributed by atoms with Gasteiger partial charge in [-0.15, -0.1) is 11.3 Å². The fraction of sp³-hybridized carbons (Fsp3) is 0.800. The summed E-state index contributed by atoms with van der Waals surface area (Å²) in [5.74, 6) is 1.10. The lowest BCUT2D eigenvalue weighted by atomic mass is 9.93. The lowest BCUT2D eigenvalue weighted by Gasteiger charge is -2.28. The molecule has 0 N–H and O–H groups in total. The Morgan fingerprint density at radius 3 is 1.25 bits per heavy atom. The van der Waals surface area contributed by atoms with Crippen LogP contribution < -0.4 is 0 Å². The van der Waals surface area contributed by atoms with Crippen LogP contribution in [0.5, 0.6) is 0 Å². The number of amides is 2. The van der Waals surface area contributed by atoms with Crippen LogP contribution in [0.15, 0.2) is 34.9 Å². The molecule has 0 saturated heterocycles. The van der Waals surface area contributed by atoms with E-state index < -0.39 is 0 Å². The van der Waals surface area contributed by atoms with Crippen LogP contribution in [-0.2, 0) is 9.59 Å². The molecular weight excluding hydrogens is 693 g/mol. The molecule has 2 unspecified atom stereocenters. The molecule has 0 aliphatic carbocycles. The van der Waals surface area contributed by atoms with Gasteiger partial charge in [0.25, 0.3) is 11.8 Å². The van der Waals surface area contributed by atoms with Crippen LogP contribution in [0.4, 0.5) is 0 Å². The van der Waals surface area contributed by atoms with Crippen molar-refractivity contribution in [1.29, 1.82) is 0 Å². The SMILES string of the molecule is CCCCCCCCCCC(CCCCCCCC)CN1C=C2C(=O)N(CC(CCCCCCCC)CCCCCCCCCC)C(c3cccs3)=C2C1=O. The number of fused-ring (bicyclic) bond motifs is 1. The molecule has 0 bridgehead atoms. The number of carbonyl (C=O) groups excluding carboxylic acids is 2. The summed E-state index contributed by atoms with van der Waals surface area (Å²) in [5.41, 5.74) is 2.24. The second kappa shape index (κ2) is 30.2. The predicted molar refractivity (Wildman–Crippen MR) is 240 cm³/mol. The molecule has 0 aromatic carbocycles. The summed E-state index contributed by atoms with van der Waals surface area (Å²) < 4.78 is 0. The monoisotopic (exact) mass is 779 g/mol. The molecule has 0 fully saturated rings. The number of thiophene rings is 1. The number of unbranched alkanes of at least 4 members (excludes halogenated alkanes) is 24. The van der Waals surface area contributed by atoms with E-state index in [0.717, 1.165) is 23.7 Å². The van der Waals surface area contributed by atoms with Crippen molar-refractivity contribution < 1.29 is 9.59 Å². The third-order valence-corrected chi connectivity index (χ3v) is 13.4. The molecular formula is C50H86N2O2S. The highest BCUT2D eigenvalue weighted by Gasteiger charge is 2.45. The molecule has 4 nitrogen and oxygen atoms in total. The Morgan fingerprint density at radius 1 is 0.491 bits per heavy atom. The van der Waals surface area contributed by atoms with Gasteiger partial charge < -0.3 is 9.80 Å². The minimum Gasteiger partial charge on any atom is -0.314 e. The van der Waals surface area contributed by atoms with Crippen LogP contribution in [0.25, 0.3) is 5.70 Å². The predicted octanol–water partition coefficient (Wildman–Crippen LogP) is 15.8. The molecule has 55 heavy (non-hydrogen) atoms. The highest BCUT2D eigenvalue weighted by molar-refractivity contribution is 7.11. The van der Waals surface area contributed by atoms with Crippen molar-refractivity contribution in [2.24, 2.45) is 11.8 Å². The number of rotatable bonds is 37. The standard InChI is InChI=1S/C50H86N2O2S/c1-5-9-13-17-21-23-27-30-35-43(34-29-25-19-15-11-7-3)40-51-42-45-47(50(51)54)48(46-38-33-39-55-46)52(49(45)53)41-44(36-31-26-20-16-12-8-4)37-32-28-24-22-18-14-10-6-2/h33,38-39,42-44H,5-32,34-37,40-41H2,1-4H3. The Balaban J connectivity index is 1.69. The van der Waals surface area contributed by atoms with Gasteiger partial charge in [0.15, 0.2) is 0 Å². The van der Waals surface area contributed by atoms with Gasteiger partial charge in [-0.25, -0.2) is 0 Å². The average Bonchev–Trinajstić information content (AvgIpc) is 3.90. The quantitative estimate of drug-likeness (QED) is 0.0631. The number of hydrogen-bond acceptors (Lipinski definition) is 3. The summed E-state index contributed by atoms with van der Waals surface area (Å²) in [6.07, 6.45) is 43.6. The van der Waals surface area contributed by atoms with Crippen molar-refractivity contribution in [3.05, 3.63) is 39.7 Å². The van der Waals surface area contributed by atoms with Crippen molar-refractivity contribution in [2.45, 2.75) is 233 Å². The third-order valence-electron chi connectivity index (χ3n) is 12.5. The highest BCUT2D eigenvalue weighted by atomic mass is 32.1. The van der Waals surface area contributed by atoms with E-state index in [1.807, 2.05) is 16.0 Å². The zero-order valence-corrected chi connectivity index (χ0v) is 37.4. The minimum atomic E-state index is 0.0636. The molecule has 0 spiro atoms. The molecule has 2 amide bonds. The maximum absolute atomic E-state index is 14.4. The van der Waals surface area contributed by atoms with E-state index in [9.17, 15) is 9.59 Å². The second-order valence-corrected chi connectivity index (χ2v) is 18.4. The van der Waals surface area contributed by atoms with Gasteiger partial charge in [-0.3, -0.25) is 9.59 Å². The van der Waals surface area contributed by atoms with Gasteiger partial charge in [0.05, 0.1) is 21.7 Å². The summed E-state index contributed by atoms with van der Waals surface area (Å²) in [6.45, 7) is 10.6. The second-order valence-electron chi connectivity index (χ2n) is 17.5. The molecule has 1 aromatic heterocycles. The molecule has 3 rings (SSSR count). The number of nitrogens with zero attached hydrogens (tertiary/aromatic N) is 2.